The number of hydrogen-bond donors (Lipinski definition) is 4. The lowest BCUT2D eigenvalue weighted by Gasteiger charge is -2.14. The van der Waals surface area contributed by atoms with Crippen molar-refractivity contribution in [2.24, 2.45) is 0 Å². The van der Waals surface area contributed by atoms with Gasteiger partial charge in [-0.25, -0.2) is 0 Å². The van der Waals surface area contributed by atoms with E-state index in [1.807, 2.05) is 133 Å². The van der Waals surface area contributed by atoms with Gasteiger partial charge in [-0.1, -0.05) is 121 Å². The van der Waals surface area contributed by atoms with Crippen LogP contribution in [0.15, 0.2) is 158 Å². The first kappa shape index (κ1) is 32.3. The number of phenolic OH excluding ortho intramolecular Hbond substituents is 4. The van der Waals surface area contributed by atoms with E-state index in [-0.39, 0.29) is 23.0 Å². The Morgan fingerprint density at radius 3 is 1.02 bits per heavy atom. The van der Waals surface area contributed by atoms with E-state index in [4.69, 9.17) is 0 Å². The maximum absolute atomic E-state index is 11.0. The lowest BCUT2D eigenvalue weighted by molar-refractivity contribution is 0.470. The number of fused-ring (bicyclic) bond motifs is 4. The molecule has 0 amide bonds. The normalized spacial score (nSPS) is 11.0. The van der Waals surface area contributed by atoms with Crippen LogP contribution in [0.25, 0.3) is 65.3 Å². The molecule has 0 bridgehead atoms. The van der Waals surface area contributed by atoms with E-state index in [2.05, 4.69) is 23.7 Å². The quantitative estimate of drug-likeness (QED) is 0.136. The van der Waals surface area contributed by atoms with Crippen LogP contribution in [0, 0.1) is 23.7 Å². The first-order valence-corrected chi connectivity index (χ1v) is 17.5. The Balaban J connectivity index is 1.05. The van der Waals surface area contributed by atoms with Gasteiger partial charge in [0.05, 0.1) is 0 Å². The maximum Gasteiger partial charge on any atom is 0.124 e. The molecule has 0 aromatic heterocycles. The molecule has 0 fully saturated rings. The zero-order valence-corrected chi connectivity index (χ0v) is 28.8. The predicted octanol–water partition coefficient (Wildman–Crippen LogP) is 11.3. The zero-order chi connectivity index (χ0) is 36.8. The summed E-state index contributed by atoms with van der Waals surface area (Å²) in [5, 5.41) is 51.0. The van der Waals surface area contributed by atoms with Gasteiger partial charge < -0.3 is 20.4 Å². The van der Waals surface area contributed by atoms with Crippen molar-refractivity contribution in [2.75, 3.05) is 0 Å². The Labute approximate surface area is 311 Å². The SMILES string of the molecule is Oc1ccc2ccccc2c1-c1c(O)ccc2cc(C#Cc3ccccc3C#Cc3ccc4c(-c5c(O)ccc6ccccc56)c(O)ccc4c3)ccc12. The topological polar surface area (TPSA) is 80.9 Å². The van der Waals surface area contributed by atoms with Crippen LogP contribution in [0.1, 0.15) is 22.3 Å². The Kier molecular flexibility index (Phi) is 7.85. The van der Waals surface area contributed by atoms with Gasteiger partial charge in [-0.15, -0.1) is 0 Å². The molecule has 0 radical (unpaired) electrons. The highest BCUT2D eigenvalue weighted by atomic mass is 16.3. The third-order valence-electron chi connectivity index (χ3n) is 9.92. The first-order chi connectivity index (χ1) is 26.4. The molecule has 0 heterocycles. The summed E-state index contributed by atoms with van der Waals surface area (Å²) in [5.74, 6) is 13.6. The van der Waals surface area contributed by atoms with Crippen LogP contribution in [-0.2, 0) is 0 Å². The molecule has 0 saturated heterocycles. The number of rotatable bonds is 2. The van der Waals surface area contributed by atoms with Gasteiger partial charge in [-0.05, 0) is 104 Å². The summed E-state index contributed by atoms with van der Waals surface area (Å²) in [4.78, 5) is 0. The lowest BCUT2D eigenvalue weighted by atomic mass is 9.91. The third kappa shape index (κ3) is 5.66. The van der Waals surface area contributed by atoms with E-state index >= 15 is 0 Å². The van der Waals surface area contributed by atoms with Gasteiger partial charge in [0.1, 0.15) is 23.0 Å². The van der Waals surface area contributed by atoms with E-state index in [0.717, 1.165) is 65.3 Å². The van der Waals surface area contributed by atoms with Crippen molar-refractivity contribution in [1.82, 2.24) is 0 Å². The Bertz CT molecular complexity index is 2900. The summed E-state index contributed by atoms with van der Waals surface area (Å²) >= 11 is 0. The molecular formula is C50H30O4. The second-order valence-electron chi connectivity index (χ2n) is 13.2. The second-order valence-corrected chi connectivity index (χ2v) is 13.2. The van der Waals surface area contributed by atoms with Crippen LogP contribution in [0.4, 0.5) is 0 Å². The van der Waals surface area contributed by atoms with Crippen molar-refractivity contribution in [3.8, 4) is 68.9 Å². The van der Waals surface area contributed by atoms with Crippen LogP contribution >= 0.6 is 0 Å². The van der Waals surface area contributed by atoms with Crippen LogP contribution in [0.5, 0.6) is 23.0 Å². The summed E-state index contributed by atoms with van der Waals surface area (Å²) in [6.07, 6.45) is 0. The van der Waals surface area contributed by atoms with Gasteiger partial charge >= 0.3 is 0 Å². The molecular weight excluding hydrogens is 665 g/mol. The highest BCUT2D eigenvalue weighted by Gasteiger charge is 2.18. The fourth-order valence-electron chi connectivity index (χ4n) is 7.34. The van der Waals surface area contributed by atoms with E-state index in [1.165, 1.54) is 0 Å². The molecule has 254 valence electrons. The third-order valence-corrected chi connectivity index (χ3v) is 9.92. The monoisotopic (exact) mass is 694 g/mol. The molecule has 54 heavy (non-hydrogen) atoms. The Hall–Kier alpha value is -7.66. The van der Waals surface area contributed by atoms with Crippen molar-refractivity contribution in [3.63, 3.8) is 0 Å². The van der Waals surface area contributed by atoms with Crippen LogP contribution in [0.3, 0.4) is 0 Å². The predicted molar refractivity (Wildman–Crippen MR) is 219 cm³/mol. The van der Waals surface area contributed by atoms with Gasteiger partial charge in [0, 0.05) is 44.5 Å². The van der Waals surface area contributed by atoms with Crippen molar-refractivity contribution in [2.45, 2.75) is 0 Å². The second kappa shape index (κ2) is 13.1. The highest BCUT2D eigenvalue weighted by Crippen LogP contribution is 2.46. The minimum absolute atomic E-state index is 0.0922. The number of hydrogen-bond acceptors (Lipinski definition) is 4. The summed E-state index contributed by atoms with van der Waals surface area (Å²) in [6.45, 7) is 0. The largest absolute Gasteiger partial charge is 0.507 e. The number of phenols is 4. The van der Waals surface area contributed by atoms with Crippen molar-refractivity contribution in [3.05, 3.63) is 180 Å². The molecule has 4 N–H and O–H groups in total. The van der Waals surface area contributed by atoms with Crippen LogP contribution in [-0.4, -0.2) is 20.4 Å². The van der Waals surface area contributed by atoms with Crippen molar-refractivity contribution < 1.29 is 20.4 Å². The minimum Gasteiger partial charge on any atom is -0.507 e. The Morgan fingerprint density at radius 1 is 0.278 bits per heavy atom. The number of aromatic hydroxyl groups is 4. The molecule has 0 aliphatic carbocycles. The smallest absolute Gasteiger partial charge is 0.124 e. The van der Waals surface area contributed by atoms with E-state index in [1.54, 1.807) is 24.3 Å². The molecule has 0 spiro atoms. The van der Waals surface area contributed by atoms with Crippen LogP contribution in [0.2, 0.25) is 0 Å². The van der Waals surface area contributed by atoms with Gasteiger partial charge in [-0.2, -0.15) is 0 Å². The molecule has 9 aromatic rings. The van der Waals surface area contributed by atoms with Gasteiger partial charge in [-0.3, -0.25) is 0 Å². The Morgan fingerprint density at radius 2 is 0.611 bits per heavy atom. The fourth-order valence-corrected chi connectivity index (χ4v) is 7.34. The zero-order valence-electron chi connectivity index (χ0n) is 28.8. The average molecular weight is 695 g/mol. The van der Waals surface area contributed by atoms with Crippen molar-refractivity contribution in [1.29, 1.82) is 0 Å². The molecule has 0 unspecified atom stereocenters. The van der Waals surface area contributed by atoms with Crippen molar-refractivity contribution >= 4 is 43.1 Å². The molecule has 9 rings (SSSR count). The van der Waals surface area contributed by atoms with Gasteiger partial charge in [0.25, 0.3) is 0 Å². The lowest BCUT2D eigenvalue weighted by Crippen LogP contribution is -1.88. The standard InChI is InChI=1S/C50H30O4/c51-43-25-19-35-9-3-5-11-39(35)47(43)49-41-23-15-31(29-37(41)21-27-45(49)53)13-17-33-7-1-2-8-34(33)18-14-32-16-24-42-38(30-32)22-28-46(54)50(42)48-40-12-6-4-10-36(40)20-26-44(48)52/h1-12,15-16,19-30,51-54H. The average Bonchev–Trinajstić information content (AvgIpc) is 3.20. The molecule has 0 saturated carbocycles. The summed E-state index contributed by atoms with van der Waals surface area (Å²) in [5.41, 5.74) is 5.52. The van der Waals surface area contributed by atoms with E-state index in [9.17, 15) is 20.4 Å². The van der Waals surface area contributed by atoms with Gasteiger partial charge in [0.15, 0.2) is 0 Å². The maximum atomic E-state index is 11.0. The molecule has 0 aliphatic rings. The van der Waals surface area contributed by atoms with Gasteiger partial charge in [0.2, 0.25) is 0 Å². The minimum atomic E-state index is 0.0922. The summed E-state index contributed by atoms with van der Waals surface area (Å²) in [6, 6.07) is 49.2. The molecule has 4 heteroatoms. The molecule has 0 atom stereocenters. The molecule has 0 aliphatic heterocycles. The fraction of sp³-hybridized carbons (Fsp3) is 0. The summed E-state index contributed by atoms with van der Waals surface area (Å²) < 4.78 is 0. The van der Waals surface area contributed by atoms with E-state index in [0.29, 0.717) is 22.3 Å². The van der Waals surface area contributed by atoms with E-state index < -0.39 is 0 Å². The highest BCUT2D eigenvalue weighted by molar-refractivity contribution is 6.11. The summed E-state index contributed by atoms with van der Waals surface area (Å²) in [7, 11) is 0. The first-order valence-electron chi connectivity index (χ1n) is 17.5. The van der Waals surface area contributed by atoms with Crippen LogP contribution < -0.4 is 0 Å². The molecule has 4 nitrogen and oxygen atoms in total. The number of benzene rings is 9. The molecule has 9 aromatic carbocycles.